The van der Waals surface area contributed by atoms with Gasteiger partial charge in [-0.05, 0) is 26.5 Å². The van der Waals surface area contributed by atoms with Gasteiger partial charge in [-0.1, -0.05) is 97.4 Å². The van der Waals surface area contributed by atoms with Crippen molar-refractivity contribution in [1.82, 2.24) is 9.55 Å². The van der Waals surface area contributed by atoms with Crippen LogP contribution in [0.1, 0.15) is 32.6 Å². The normalized spacial score (nSPS) is 18.9. The Bertz CT molecular complexity index is 1250. The molecule has 0 unspecified atom stereocenters. The van der Waals surface area contributed by atoms with E-state index in [2.05, 4.69) is 66.0 Å². The molecule has 1 aromatic heterocycles. The third kappa shape index (κ3) is 5.19. The summed E-state index contributed by atoms with van der Waals surface area (Å²) < 4.78 is 20.2. The summed E-state index contributed by atoms with van der Waals surface area (Å²) in [4.78, 5) is 28.3. The average molecular weight is 558 g/mol. The maximum atomic E-state index is 12.4. The van der Waals surface area contributed by atoms with Gasteiger partial charge in [-0.15, -0.1) is 0 Å². The van der Waals surface area contributed by atoms with E-state index in [0.717, 1.165) is 10.4 Å². The van der Waals surface area contributed by atoms with Crippen LogP contribution in [0.15, 0.2) is 81.4 Å². The Balaban J connectivity index is 1.61. The molecule has 35 heavy (non-hydrogen) atoms. The summed E-state index contributed by atoms with van der Waals surface area (Å²) in [5, 5.41) is 2.15. The highest BCUT2D eigenvalue weighted by atomic mass is 79.9. The Morgan fingerprint density at radius 3 is 2.23 bits per heavy atom. The summed E-state index contributed by atoms with van der Waals surface area (Å²) in [5.74, 6) is 0. The summed E-state index contributed by atoms with van der Waals surface area (Å²) in [7, 11) is -2.75. The fourth-order valence-electron chi connectivity index (χ4n) is 4.53. The lowest BCUT2D eigenvalue weighted by atomic mass is 10.2. The van der Waals surface area contributed by atoms with Gasteiger partial charge in [0.1, 0.15) is 0 Å². The maximum absolute atomic E-state index is 12.4. The molecule has 1 N–H and O–H groups in total. The zero-order valence-corrected chi connectivity index (χ0v) is 22.5. The number of benzene rings is 2. The number of aromatic amines is 1. The second kappa shape index (κ2) is 10.6. The van der Waals surface area contributed by atoms with Gasteiger partial charge in [0.25, 0.3) is 13.9 Å². The quantitative estimate of drug-likeness (QED) is 0.451. The molecule has 4 rings (SSSR count). The first-order valence-corrected chi connectivity index (χ1v) is 14.2. The zero-order valence-electron chi connectivity index (χ0n) is 19.9. The number of ether oxygens (including phenoxy) is 2. The van der Waals surface area contributed by atoms with Crippen LogP contribution in [-0.2, 0) is 13.9 Å². The molecule has 0 spiro atoms. The monoisotopic (exact) mass is 556 g/mol. The summed E-state index contributed by atoms with van der Waals surface area (Å²) in [6.07, 6.45) is 1.71. The lowest BCUT2D eigenvalue weighted by molar-refractivity contribution is -0.0956. The van der Waals surface area contributed by atoms with Gasteiger partial charge in [0, 0.05) is 6.20 Å². The maximum Gasteiger partial charge on any atom is 0.330 e. The van der Waals surface area contributed by atoms with Crippen LogP contribution in [0, 0.1) is 0 Å². The highest BCUT2D eigenvalue weighted by Crippen LogP contribution is 2.37. The van der Waals surface area contributed by atoms with Gasteiger partial charge in [-0.3, -0.25) is 14.3 Å². The first-order valence-electron chi connectivity index (χ1n) is 11.4. The van der Waals surface area contributed by atoms with E-state index < -0.39 is 32.1 Å². The third-order valence-corrected chi connectivity index (χ3v) is 11.4. The molecule has 184 valence electrons. The minimum absolute atomic E-state index is 0.165. The van der Waals surface area contributed by atoms with Gasteiger partial charge in [-0.2, -0.15) is 0 Å². The van der Waals surface area contributed by atoms with Crippen LogP contribution in [0.25, 0.3) is 6.08 Å². The summed E-state index contributed by atoms with van der Waals surface area (Å²) in [5.41, 5.74) is -0.687. The molecule has 0 saturated carbocycles. The molecule has 7 nitrogen and oxygen atoms in total. The molecule has 2 aromatic carbocycles. The van der Waals surface area contributed by atoms with E-state index in [1.54, 1.807) is 11.1 Å². The summed E-state index contributed by atoms with van der Waals surface area (Å²) >= 11 is 3.16. The third-order valence-electron chi connectivity index (χ3n) is 6.13. The standard InChI is InChI=1S/C26H29BrN2O5Si/c1-26(2,3)35(20-10-6-4-7-11-20,21-12-8-5-9-13-21)33-18-23-32-17-22(34-23)29-16-19(14-15-27)24(30)28-25(29)31/h4-16,22-23H,17-18H2,1-3H3,(H,28,30,31)/t22-,23-/m0/s1. The molecule has 1 saturated heterocycles. The number of nitrogens with zero attached hydrogens (tertiary/aromatic N) is 1. The van der Waals surface area contributed by atoms with E-state index in [0.29, 0.717) is 5.56 Å². The predicted octanol–water partition coefficient (Wildman–Crippen LogP) is 3.35. The first-order chi connectivity index (χ1) is 16.8. The molecule has 0 radical (unpaired) electrons. The minimum atomic E-state index is -2.75. The largest absolute Gasteiger partial charge is 0.402 e. The van der Waals surface area contributed by atoms with Crippen molar-refractivity contribution in [3.8, 4) is 0 Å². The molecule has 3 aromatic rings. The first kappa shape index (κ1) is 25.5. The van der Waals surface area contributed by atoms with Crippen molar-refractivity contribution in [2.45, 2.75) is 38.3 Å². The van der Waals surface area contributed by atoms with Crippen LogP contribution in [-0.4, -0.2) is 37.4 Å². The smallest absolute Gasteiger partial charge is 0.330 e. The number of hydrogen-bond donors (Lipinski definition) is 1. The van der Waals surface area contributed by atoms with Crippen LogP contribution >= 0.6 is 15.9 Å². The molecular formula is C26H29BrN2O5Si. The number of nitrogens with one attached hydrogen (secondary N) is 1. The summed E-state index contributed by atoms with van der Waals surface area (Å²) in [6, 6.07) is 20.7. The molecule has 1 aliphatic rings. The Labute approximate surface area is 213 Å². The van der Waals surface area contributed by atoms with Crippen molar-refractivity contribution < 1.29 is 13.9 Å². The van der Waals surface area contributed by atoms with Gasteiger partial charge >= 0.3 is 5.69 Å². The van der Waals surface area contributed by atoms with Crippen molar-refractivity contribution in [2.24, 2.45) is 0 Å². The van der Waals surface area contributed by atoms with Crippen LogP contribution in [0.5, 0.6) is 0 Å². The van der Waals surface area contributed by atoms with Crippen molar-refractivity contribution in [3.63, 3.8) is 0 Å². The summed E-state index contributed by atoms with van der Waals surface area (Å²) in [6.45, 7) is 6.99. The van der Waals surface area contributed by atoms with Crippen LogP contribution < -0.4 is 21.6 Å². The van der Waals surface area contributed by atoms with Crippen molar-refractivity contribution >= 4 is 40.7 Å². The minimum Gasteiger partial charge on any atom is -0.402 e. The lowest BCUT2D eigenvalue weighted by Crippen LogP contribution is -2.67. The molecule has 0 bridgehead atoms. The van der Waals surface area contributed by atoms with Gasteiger partial charge in [0.05, 0.1) is 18.8 Å². The predicted molar refractivity (Wildman–Crippen MR) is 143 cm³/mol. The molecule has 0 aliphatic carbocycles. The van der Waals surface area contributed by atoms with Gasteiger partial charge < -0.3 is 13.9 Å². The van der Waals surface area contributed by atoms with Gasteiger partial charge in [0.2, 0.25) is 0 Å². The topological polar surface area (TPSA) is 82.5 Å². The number of rotatable bonds is 7. The van der Waals surface area contributed by atoms with E-state index in [9.17, 15) is 9.59 Å². The Kier molecular flexibility index (Phi) is 7.73. The highest BCUT2D eigenvalue weighted by Gasteiger charge is 2.50. The number of H-pyrrole nitrogens is 1. The SMILES string of the molecule is CC(C)(C)[Si](OC[C@H]1OC[C@@H](n2cc(C=CBr)c(=O)[nH]c2=O)O1)(c1ccccc1)c1ccccc1. The van der Waals surface area contributed by atoms with E-state index in [1.165, 1.54) is 10.8 Å². The van der Waals surface area contributed by atoms with Gasteiger partial charge in [0.15, 0.2) is 12.5 Å². The molecule has 1 fully saturated rings. The molecule has 2 heterocycles. The van der Waals surface area contributed by atoms with Crippen LogP contribution in [0.3, 0.4) is 0 Å². The second-order valence-electron chi connectivity index (χ2n) is 9.37. The average Bonchev–Trinajstić information content (AvgIpc) is 3.30. The van der Waals surface area contributed by atoms with Crippen LogP contribution in [0.4, 0.5) is 0 Å². The zero-order chi connectivity index (χ0) is 25.1. The Morgan fingerprint density at radius 2 is 1.69 bits per heavy atom. The number of halogens is 1. The number of aromatic nitrogens is 2. The molecule has 0 amide bonds. The number of hydrogen-bond acceptors (Lipinski definition) is 5. The highest BCUT2D eigenvalue weighted by molar-refractivity contribution is 9.11. The molecule has 9 heteroatoms. The van der Waals surface area contributed by atoms with E-state index in [-0.39, 0.29) is 18.3 Å². The molecular weight excluding hydrogens is 528 g/mol. The van der Waals surface area contributed by atoms with E-state index in [4.69, 9.17) is 13.9 Å². The van der Waals surface area contributed by atoms with Crippen molar-refractivity contribution in [3.05, 3.63) is 98.2 Å². The molecule has 1 aliphatic heterocycles. The fourth-order valence-corrected chi connectivity index (χ4v) is 9.36. The van der Waals surface area contributed by atoms with E-state index >= 15 is 0 Å². The van der Waals surface area contributed by atoms with Crippen molar-refractivity contribution in [1.29, 1.82) is 0 Å². The van der Waals surface area contributed by atoms with Crippen molar-refractivity contribution in [2.75, 3.05) is 13.2 Å². The van der Waals surface area contributed by atoms with E-state index in [1.807, 2.05) is 36.4 Å². The molecule has 2 atom stereocenters. The second-order valence-corrected chi connectivity index (χ2v) is 14.2. The Hall–Kier alpha value is -2.56. The van der Waals surface area contributed by atoms with Gasteiger partial charge in [-0.25, -0.2) is 4.79 Å². The van der Waals surface area contributed by atoms with Crippen LogP contribution in [0.2, 0.25) is 5.04 Å². The Morgan fingerprint density at radius 1 is 1.09 bits per heavy atom. The fraction of sp³-hybridized carbons (Fsp3) is 0.308. The lowest BCUT2D eigenvalue weighted by Gasteiger charge is -2.43.